The van der Waals surface area contributed by atoms with Crippen LogP contribution in [-0.4, -0.2) is 17.2 Å². The Morgan fingerprint density at radius 1 is 1.00 bits per heavy atom. The Kier molecular flexibility index (Phi) is 3.71. The van der Waals surface area contributed by atoms with Gasteiger partial charge in [-0.15, -0.1) is 0 Å². The van der Waals surface area contributed by atoms with Crippen molar-refractivity contribution < 1.29 is 14.6 Å². The molecule has 0 amide bonds. The first-order valence-corrected chi connectivity index (χ1v) is 6.62. The van der Waals surface area contributed by atoms with Crippen LogP contribution in [0.15, 0.2) is 54.6 Å². The summed E-state index contributed by atoms with van der Waals surface area (Å²) in [5.41, 5.74) is 1.46. The van der Waals surface area contributed by atoms with E-state index in [1.165, 1.54) is 0 Å². The van der Waals surface area contributed by atoms with E-state index >= 15 is 0 Å². The Morgan fingerprint density at radius 2 is 1.71 bits per heavy atom. The van der Waals surface area contributed by atoms with E-state index in [2.05, 4.69) is 4.98 Å². The first-order chi connectivity index (χ1) is 10.3. The molecule has 0 fully saturated rings. The Labute approximate surface area is 122 Å². The molecular weight excluding hydrogens is 266 g/mol. The molecule has 0 aliphatic carbocycles. The minimum Gasteiger partial charge on any atom is -0.493 e. The molecule has 0 saturated carbocycles. The van der Waals surface area contributed by atoms with Crippen molar-refractivity contribution in [3.8, 4) is 17.4 Å². The minimum atomic E-state index is -0.137. The lowest BCUT2D eigenvalue weighted by molar-refractivity contribution is 0.274. The fourth-order valence-corrected chi connectivity index (χ4v) is 2.15. The molecule has 1 heterocycles. The fourth-order valence-electron chi connectivity index (χ4n) is 2.15. The number of methoxy groups -OCH3 is 1. The molecule has 0 aliphatic heterocycles. The largest absolute Gasteiger partial charge is 0.493 e. The Bertz CT molecular complexity index is 771. The average molecular weight is 281 g/mol. The van der Waals surface area contributed by atoms with Gasteiger partial charge in [0.15, 0.2) is 11.5 Å². The van der Waals surface area contributed by atoms with E-state index in [0.717, 1.165) is 10.9 Å². The van der Waals surface area contributed by atoms with Gasteiger partial charge in [-0.05, 0) is 24.3 Å². The van der Waals surface area contributed by atoms with Crippen LogP contribution < -0.4 is 9.47 Å². The number of para-hydroxylation sites is 3. The number of aliphatic hydroxyl groups is 1. The molecule has 3 rings (SSSR count). The zero-order valence-electron chi connectivity index (χ0n) is 11.6. The van der Waals surface area contributed by atoms with Gasteiger partial charge in [0.1, 0.15) is 0 Å². The maximum atomic E-state index is 9.53. The first-order valence-electron chi connectivity index (χ1n) is 6.62. The van der Waals surface area contributed by atoms with Gasteiger partial charge in [0.2, 0.25) is 5.88 Å². The number of benzene rings is 2. The third-order valence-corrected chi connectivity index (χ3v) is 3.21. The van der Waals surface area contributed by atoms with Crippen LogP contribution in [0.5, 0.6) is 17.4 Å². The molecule has 0 atom stereocenters. The summed E-state index contributed by atoms with van der Waals surface area (Å²) in [6.45, 7) is -0.137. The maximum absolute atomic E-state index is 9.53. The van der Waals surface area contributed by atoms with Crippen LogP contribution in [0.2, 0.25) is 0 Å². The van der Waals surface area contributed by atoms with E-state index in [1.54, 1.807) is 13.2 Å². The van der Waals surface area contributed by atoms with E-state index in [4.69, 9.17) is 9.47 Å². The molecule has 0 unspecified atom stereocenters. The molecule has 0 aliphatic rings. The quantitative estimate of drug-likeness (QED) is 0.795. The topological polar surface area (TPSA) is 51.6 Å². The molecule has 21 heavy (non-hydrogen) atoms. The second-order valence-electron chi connectivity index (χ2n) is 4.56. The molecule has 106 valence electrons. The highest BCUT2D eigenvalue weighted by molar-refractivity contribution is 5.80. The number of pyridine rings is 1. The Balaban J connectivity index is 2.06. The van der Waals surface area contributed by atoms with Crippen LogP contribution in [0.25, 0.3) is 10.9 Å². The van der Waals surface area contributed by atoms with Crippen molar-refractivity contribution in [3.05, 3.63) is 60.2 Å². The van der Waals surface area contributed by atoms with Gasteiger partial charge in [-0.1, -0.05) is 30.3 Å². The zero-order chi connectivity index (χ0) is 14.7. The van der Waals surface area contributed by atoms with Gasteiger partial charge < -0.3 is 14.6 Å². The van der Waals surface area contributed by atoms with Gasteiger partial charge in [-0.3, -0.25) is 0 Å². The monoisotopic (exact) mass is 281 g/mol. The van der Waals surface area contributed by atoms with Crippen LogP contribution in [0.3, 0.4) is 0 Å². The van der Waals surface area contributed by atoms with Gasteiger partial charge in [0.05, 0.1) is 19.2 Å². The summed E-state index contributed by atoms with van der Waals surface area (Å²) in [5, 5.41) is 10.5. The average Bonchev–Trinajstić information content (AvgIpc) is 2.54. The van der Waals surface area contributed by atoms with E-state index in [9.17, 15) is 5.11 Å². The summed E-state index contributed by atoms with van der Waals surface area (Å²) in [4.78, 5) is 4.48. The lowest BCUT2D eigenvalue weighted by Crippen LogP contribution is -1.97. The number of fused-ring (bicyclic) bond motifs is 1. The molecule has 0 saturated heterocycles. The van der Waals surface area contributed by atoms with E-state index in [0.29, 0.717) is 22.9 Å². The Morgan fingerprint density at radius 3 is 2.48 bits per heavy atom. The second-order valence-corrected chi connectivity index (χ2v) is 4.56. The van der Waals surface area contributed by atoms with Crippen molar-refractivity contribution in [2.45, 2.75) is 6.61 Å². The number of hydrogen-bond donors (Lipinski definition) is 1. The smallest absolute Gasteiger partial charge is 0.225 e. The molecule has 0 radical (unpaired) electrons. The van der Waals surface area contributed by atoms with Crippen LogP contribution in [-0.2, 0) is 6.61 Å². The highest BCUT2D eigenvalue weighted by atomic mass is 16.5. The highest BCUT2D eigenvalue weighted by Crippen LogP contribution is 2.32. The van der Waals surface area contributed by atoms with Crippen molar-refractivity contribution in [1.82, 2.24) is 4.98 Å². The van der Waals surface area contributed by atoms with Gasteiger partial charge in [0.25, 0.3) is 0 Å². The predicted octanol–water partition coefficient (Wildman–Crippen LogP) is 3.53. The van der Waals surface area contributed by atoms with Crippen molar-refractivity contribution in [2.24, 2.45) is 0 Å². The van der Waals surface area contributed by atoms with Crippen molar-refractivity contribution in [1.29, 1.82) is 0 Å². The summed E-state index contributed by atoms with van der Waals surface area (Å²) in [5.74, 6) is 1.58. The van der Waals surface area contributed by atoms with Crippen molar-refractivity contribution in [3.63, 3.8) is 0 Å². The number of nitrogens with zero attached hydrogens (tertiary/aromatic N) is 1. The Hall–Kier alpha value is -2.59. The molecule has 0 spiro atoms. The molecule has 4 nitrogen and oxygen atoms in total. The lowest BCUT2D eigenvalue weighted by Gasteiger charge is -2.12. The van der Waals surface area contributed by atoms with Crippen LogP contribution >= 0.6 is 0 Å². The third kappa shape index (κ3) is 2.66. The highest BCUT2D eigenvalue weighted by Gasteiger charge is 2.11. The molecule has 1 aromatic heterocycles. The van der Waals surface area contributed by atoms with Gasteiger partial charge in [0, 0.05) is 10.9 Å². The summed E-state index contributed by atoms with van der Waals surface area (Å²) >= 11 is 0. The second kappa shape index (κ2) is 5.81. The first kappa shape index (κ1) is 13.4. The molecule has 3 aromatic rings. The van der Waals surface area contributed by atoms with E-state index in [-0.39, 0.29) is 6.61 Å². The number of hydrogen-bond acceptors (Lipinski definition) is 4. The van der Waals surface area contributed by atoms with Crippen LogP contribution in [0.4, 0.5) is 0 Å². The zero-order valence-corrected chi connectivity index (χ0v) is 11.6. The van der Waals surface area contributed by atoms with Crippen molar-refractivity contribution in [2.75, 3.05) is 7.11 Å². The number of rotatable bonds is 4. The summed E-state index contributed by atoms with van der Waals surface area (Å²) in [6, 6.07) is 16.9. The summed E-state index contributed by atoms with van der Waals surface area (Å²) in [7, 11) is 1.59. The molecule has 0 bridgehead atoms. The third-order valence-electron chi connectivity index (χ3n) is 3.21. The standard InChI is InChI=1S/C17H15NO3/c1-20-15-8-4-5-9-16(15)21-17-13(11-19)10-12-6-2-3-7-14(12)18-17/h2-10,19H,11H2,1H3. The SMILES string of the molecule is COc1ccccc1Oc1nc2ccccc2cc1CO. The number of aliphatic hydroxyl groups excluding tert-OH is 1. The number of aromatic nitrogens is 1. The van der Waals surface area contributed by atoms with E-state index < -0.39 is 0 Å². The molecular formula is C17H15NO3. The van der Waals surface area contributed by atoms with Gasteiger partial charge >= 0.3 is 0 Å². The minimum absolute atomic E-state index is 0.137. The van der Waals surface area contributed by atoms with Gasteiger partial charge in [-0.2, -0.15) is 0 Å². The van der Waals surface area contributed by atoms with E-state index in [1.807, 2.05) is 48.5 Å². The van der Waals surface area contributed by atoms with Gasteiger partial charge in [-0.25, -0.2) is 4.98 Å². The van der Waals surface area contributed by atoms with Crippen LogP contribution in [0.1, 0.15) is 5.56 Å². The lowest BCUT2D eigenvalue weighted by atomic mass is 10.1. The summed E-state index contributed by atoms with van der Waals surface area (Å²) in [6.07, 6.45) is 0. The normalized spacial score (nSPS) is 10.6. The maximum Gasteiger partial charge on any atom is 0.225 e. The fraction of sp³-hybridized carbons (Fsp3) is 0.118. The molecule has 1 N–H and O–H groups in total. The van der Waals surface area contributed by atoms with Crippen LogP contribution in [0, 0.1) is 0 Å². The summed E-state index contributed by atoms with van der Waals surface area (Å²) < 4.78 is 11.1. The number of ether oxygens (including phenoxy) is 2. The molecule has 4 heteroatoms. The predicted molar refractivity (Wildman–Crippen MR) is 80.7 cm³/mol. The van der Waals surface area contributed by atoms with Crippen molar-refractivity contribution >= 4 is 10.9 Å². The molecule has 2 aromatic carbocycles.